The summed E-state index contributed by atoms with van der Waals surface area (Å²) < 4.78 is 38.7. The summed E-state index contributed by atoms with van der Waals surface area (Å²) >= 11 is 0. The maximum atomic E-state index is 15.2. The maximum absolute atomic E-state index is 15.2. The van der Waals surface area contributed by atoms with E-state index in [-0.39, 0.29) is 0 Å². The van der Waals surface area contributed by atoms with Gasteiger partial charge in [-0.3, -0.25) is 19.9 Å². The molecular formula is C123H74N6O8. The number of esters is 2. The number of hydrogen-bond donors (Lipinski definition) is 0. The molecule has 0 atom stereocenters. The van der Waals surface area contributed by atoms with E-state index in [9.17, 15) is 0 Å². The lowest BCUT2D eigenvalue weighted by atomic mass is 9.89. The SMILES string of the molecule is O=C(Oc1ccc(-c2cc(-c3ccc(OC(=O)c4cc(-c5ccccc5-c5ccc(-c6cccc7c6oc6ccccc67)nc5)cc(-c5ccccc5-c5ccc(-c6cccc7c6oc6ccccc67)nc5)c4)cc3)ncn2)cc1)c1cc(-c2ccccc2-c2ccc(-c3cccc4c3Oc3ccccc3C4)nc2)cc(-c2ccccc2-c2ccc(-c3cccc4c3oc3ccccc34)nc2)c1. The molecule has 1 aliphatic heterocycles. The van der Waals surface area contributed by atoms with E-state index < -0.39 is 11.9 Å². The van der Waals surface area contributed by atoms with Gasteiger partial charge in [0.2, 0.25) is 0 Å². The molecule has 0 spiro atoms. The third kappa shape index (κ3) is 14.9. The summed E-state index contributed by atoms with van der Waals surface area (Å²) in [5, 5.41) is 6.23. The molecule has 25 rings (SSSR count). The summed E-state index contributed by atoms with van der Waals surface area (Å²) in [5.74, 6) is 1.20. The summed E-state index contributed by atoms with van der Waals surface area (Å²) in [6.45, 7) is 0. The normalized spacial score (nSPS) is 11.7. The van der Waals surface area contributed by atoms with Gasteiger partial charge in [-0.1, -0.05) is 243 Å². The van der Waals surface area contributed by atoms with E-state index in [1.165, 1.54) is 6.33 Å². The summed E-state index contributed by atoms with van der Waals surface area (Å²) in [6.07, 6.45) is 9.89. The van der Waals surface area contributed by atoms with E-state index in [0.717, 1.165) is 240 Å². The molecule has 0 aliphatic carbocycles. The molecule has 0 fully saturated rings. The van der Waals surface area contributed by atoms with Crippen molar-refractivity contribution in [3.05, 3.63) is 460 Å². The topological polar surface area (TPSA) is 179 Å². The lowest BCUT2D eigenvalue weighted by Gasteiger charge is -2.22. The molecule has 14 heteroatoms. The highest BCUT2D eigenvalue weighted by Gasteiger charge is 2.27. The van der Waals surface area contributed by atoms with Crippen LogP contribution in [0.3, 0.4) is 0 Å². The summed E-state index contributed by atoms with van der Waals surface area (Å²) in [4.78, 5) is 60.1. The highest BCUT2D eigenvalue weighted by molar-refractivity contribution is 6.12. The fraction of sp³-hybridized carbons (Fsp3) is 0.00813. The first-order chi connectivity index (χ1) is 67.7. The molecule has 0 unspecified atom stereocenters. The van der Waals surface area contributed by atoms with Gasteiger partial charge in [-0.2, -0.15) is 0 Å². The number of pyridine rings is 4. The van der Waals surface area contributed by atoms with E-state index in [1.54, 1.807) is 24.3 Å². The third-order valence-electron chi connectivity index (χ3n) is 26.0. The van der Waals surface area contributed by atoms with Crippen molar-refractivity contribution in [3.63, 3.8) is 0 Å². The molecule has 0 amide bonds. The van der Waals surface area contributed by atoms with E-state index >= 15 is 9.59 Å². The van der Waals surface area contributed by atoms with Crippen LogP contribution >= 0.6 is 0 Å². The molecule has 16 aromatic carbocycles. The zero-order chi connectivity index (χ0) is 91.0. The Kier molecular flexibility index (Phi) is 19.9. The molecule has 137 heavy (non-hydrogen) atoms. The van der Waals surface area contributed by atoms with Crippen LogP contribution < -0.4 is 14.2 Å². The number of fused-ring (bicyclic) bond motifs is 11. The monoisotopic (exact) mass is 1760 g/mol. The molecule has 1 aliphatic rings. The molecule has 8 aromatic heterocycles. The highest BCUT2D eigenvalue weighted by Crippen LogP contribution is 2.48. The Bertz CT molecular complexity index is 8710. The molecule has 0 N–H and O–H groups in total. The smallest absolute Gasteiger partial charge is 0.343 e. The van der Waals surface area contributed by atoms with E-state index in [4.69, 9.17) is 57.4 Å². The number of furan rings is 3. The third-order valence-corrected chi connectivity index (χ3v) is 26.0. The Morgan fingerprint density at radius 3 is 0.883 bits per heavy atom. The van der Waals surface area contributed by atoms with E-state index in [1.807, 2.05) is 261 Å². The average Bonchev–Trinajstić information content (AvgIpc) is 1.71. The highest BCUT2D eigenvalue weighted by atomic mass is 16.5. The quantitative estimate of drug-likeness (QED) is 0.0585. The summed E-state index contributed by atoms with van der Waals surface area (Å²) in [5.41, 5.74) is 31.1. The second-order valence-electron chi connectivity index (χ2n) is 34.1. The van der Waals surface area contributed by atoms with Crippen molar-refractivity contribution in [2.75, 3.05) is 0 Å². The zero-order valence-electron chi connectivity index (χ0n) is 73.2. The minimum atomic E-state index is -0.556. The van der Waals surface area contributed by atoms with Crippen LogP contribution in [0.5, 0.6) is 23.0 Å². The van der Waals surface area contributed by atoms with Crippen LogP contribution in [0.25, 0.3) is 222 Å². The first kappa shape index (κ1) is 80.4. The standard InChI is InChI=1S/C123H74N6O8/c130-122(86-64-82(94-27-6-2-23-90(94)78-49-57-108(124-69-78)104-37-17-22-77-61-76-21-1-13-41-114(76)134-118(77)104)62-83(65-86)95-28-7-3-24-91(95)79-50-58-109(125-70-79)105-38-18-34-101-98-31-10-14-42-115(98)135-119(101)105)132-88-53-45-74(46-54-88)112-68-113(129-73-128-112)75-47-55-89(56-48-75)133-123(131)87-66-84(96-29-8-4-25-92(96)80-51-59-110(126-71-80)106-39-19-35-102-99-32-11-15-43-116(99)136-120(102)106)63-85(67-87)97-30-9-5-26-93(97)81-52-60-111(127-72-81)107-40-20-36-103-100-33-12-16-44-117(100)137-121(103)107/h1-60,62-73H,61H2. The number of carbonyl (C=O) groups is 2. The van der Waals surface area contributed by atoms with Gasteiger partial charge in [0.15, 0.2) is 0 Å². The Hall–Kier alpha value is -18.7. The fourth-order valence-electron chi connectivity index (χ4n) is 19.3. The van der Waals surface area contributed by atoms with Gasteiger partial charge in [-0.25, -0.2) is 19.6 Å². The molecule has 0 saturated heterocycles. The van der Waals surface area contributed by atoms with Crippen molar-refractivity contribution < 1.29 is 37.1 Å². The van der Waals surface area contributed by atoms with Crippen molar-refractivity contribution >= 4 is 77.8 Å². The zero-order valence-corrected chi connectivity index (χ0v) is 73.2. The minimum Gasteiger partial charge on any atom is -0.456 e. The van der Waals surface area contributed by atoms with Crippen LogP contribution in [0.2, 0.25) is 0 Å². The summed E-state index contributed by atoms with van der Waals surface area (Å²) in [6, 6.07) is 135. The van der Waals surface area contributed by atoms with Crippen LogP contribution in [0, 0.1) is 0 Å². The summed E-state index contributed by atoms with van der Waals surface area (Å²) in [7, 11) is 0. The van der Waals surface area contributed by atoms with Gasteiger partial charge >= 0.3 is 11.9 Å². The molecule has 14 nitrogen and oxygen atoms in total. The Balaban J connectivity index is 0.502. The Morgan fingerprint density at radius 2 is 0.518 bits per heavy atom. The maximum Gasteiger partial charge on any atom is 0.343 e. The van der Waals surface area contributed by atoms with Gasteiger partial charge in [0.1, 0.15) is 62.8 Å². The number of rotatable bonds is 18. The van der Waals surface area contributed by atoms with Crippen LogP contribution in [0.4, 0.5) is 0 Å². The van der Waals surface area contributed by atoms with Crippen molar-refractivity contribution in [1.29, 1.82) is 0 Å². The number of hydrogen-bond acceptors (Lipinski definition) is 14. The number of aromatic nitrogens is 6. The predicted molar refractivity (Wildman–Crippen MR) is 543 cm³/mol. The second kappa shape index (κ2) is 33.9. The Morgan fingerprint density at radius 1 is 0.226 bits per heavy atom. The van der Waals surface area contributed by atoms with Gasteiger partial charge in [0, 0.05) is 119 Å². The van der Waals surface area contributed by atoms with Crippen LogP contribution in [-0.2, 0) is 6.42 Å². The Labute approximate surface area is 785 Å². The molecule has 24 aromatic rings. The number of ether oxygens (including phenoxy) is 3. The lowest BCUT2D eigenvalue weighted by molar-refractivity contribution is 0.0725. The van der Waals surface area contributed by atoms with Gasteiger partial charge in [0.25, 0.3) is 0 Å². The first-order valence-corrected chi connectivity index (χ1v) is 45.3. The molecule has 0 bridgehead atoms. The van der Waals surface area contributed by atoms with Gasteiger partial charge in [0.05, 0.1) is 45.3 Å². The lowest BCUT2D eigenvalue weighted by Crippen LogP contribution is -2.09. The second-order valence-corrected chi connectivity index (χ2v) is 34.1. The number of benzene rings is 16. The number of nitrogens with zero attached hydrogens (tertiary/aromatic N) is 6. The van der Waals surface area contributed by atoms with Gasteiger partial charge in [-0.15, -0.1) is 0 Å². The van der Waals surface area contributed by atoms with Crippen molar-refractivity contribution in [1.82, 2.24) is 29.9 Å². The fourth-order valence-corrected chi connectivity index (χ4v) is 19.3. The first-order valence-electron chi connectivity index (χ1n) is 45.3. The predicted octanol–water partition coefficient (Wildman–Crippen LogP) is 31.2. The molecule has 0 radical (unpaired) electrons. The molecule has 0 saturated carbocycles. The van der Waals surface area contributed by atoms with E-state index in [2.05, 4.69) is 146 Å². The van der Waals surface area contributed by atoms with Crippen molar-refractivity contribution in [3.8, 4) is 180 Å². The number of para-hydroxylation sites is 8. The molecule has 9 heterocycles. The van der Waals surface area contributed by atoms with E-state index in [0.29, 0.717) is 34.0 Å². The van der Waals surface area contributed by atoms with Crippen LogP contribution in [0.1, 0.15) is 31.8 Å². The molecular weight excluding hydrogens is 1690 g/mol. The largest absolute Gasteiger partial charge is 0.456 e. The van der Waals surface area contributed by atoms with Crippen molar-refractivity contribution in [2.24, 2.45) is 0 Å². The minimum absolute atomic E-state index is 0.329. The molecule has 644 valence electrons. The van der Waals surface area contributed by atoms with Gasteiger partial charge in [-0.05, 0) is 242 Å². The van der Waals surface area contributed by atoms with Crippen LogP contribution in [0.15, 0.2) is 451 Å². The van der Waals surface area contributed by atoms with Crippen LogP contribution in [-0.4, -0.2) is 41.8 Å². The van der Waals surface area contributed by atoms with Gasteiger partial charge < -0.3 is 27.5 Å². The average molecular weight is 1760 g/mol. The van der Waals surface area contributed by atoms with Crippen molar-refractivity contribution in [2.45, 2.75) is 6.42 Å². The number of carbonyl (C=O) groups excluding carboxylic acids is 2.